The molecule has 1 aromatic heterocycles. The Morgan fingerprint density at radius 1 is 1.33 bits per heavy atom. The van der Waals surface area contributed by atoms with Gasteiger partial charge in [0.25, 0.3) is 0 Å². The van der Waals surface area contributed by atoms with Gasteiger partial charge in [-0.15, -0.1) is 0 Å². The lowest BCUT2D eigenvalue weighted by molar-refractivity contribution is 1.29. The molecule has 0 saturated carbocycles. The lowest BCUT2D eigenvalue weighted by atomic mass is 10.3. The SMILES string of the molecule is NC(=S)c1ccc(Nc2ccc(Cl)cc2Br)cn1. The fourth-order valence-electron chi connectivity index (χ4n) is 1.36. The van der Waals surface area contributed by atoms with Crippen molar-refractivity contribution < 1.29 is 0 Å². The van der Waals surface area contributed by atoms with E-state index in [1.807, 2.05) is 24.3 Å². The van der Waals surface area contributed by atoms with Crippen LogP contribution in [0.2, 0.25) is 5.02 Å². The quantitative estimate of drug-likeness (QED) is 0.831. The van der Waals surface area contributed by atoms with Gasteiger partial charge in [-0.05, 0) is 46.3 Å². The molecule has 0 aliphatic carbocycles. The van der Waals surface area contributed by atoms with E-state index in [1.54, 1.807) is 12.3 Å². The summed E-state index contributed by atoms with van der Waals surface area (Å²) in [6.45, 7) is 0. The van der Waals surface area contributed by atoms with Crippen LogP contribution < -0.4 is 11.1 Å². The molecule has 6 heteroatoms. The van der Waals surface area contributed by atoms with E-state index in [4.69, 9.17) is 29.6 Å². The number of anilines is 2. The molecule has 1 heterocycles. The highest BCUT2D eigenvalue weighted by atomic mass is 79.9. The lowest BCUT2D eigenvalue weighted by Crippen LogP contribution is -2.11. The van der Waals surface area contributed by atoms with Crippen LogP contribution in [0.1, 0.15) is 5.69 Å². The van der Waals surface area contributed by atoms with Crippen molar-refractivity contribution in [1.82, 2.24) is 4.98 Å². The Balaban J connectivity index is 2.21. The summed E-state index contributed by atoms with van der Waals surface area (Å²) in [5.41, 5.74) is 7.84. The Morgan fingerprint density at radius 2 is 2.11 bits per heavy atom. The van der Waals surface area contributed by atoms with Gasteiger partial charge < -0.3 is 11.1 Å². The number of hydrogen-bond donors (Lipinski definition) is 2. The number of nitrogens with one attached hydrogen (secondary N) is 1. The van der Waals surface area contributed by atoms with Crippen LogP contribution in [0.5, 0.6) is 0 Å². The summed E-state index contributed by atoms with van der Waals surface area (Å²) in [6, 6.07) is 9.15. The third-order valence-electron chi connectivity index (χ3n) is 2.23. The van der Waals surface area contributed by atoms with E-state index < -0.39 is 0 Å². The van der Waals surface area contributed by atoms with Crippen molar-refractivity contribution in [1.29, 1.82) is 0 Å². The number of aromatic nitrogens is 1. The normalized spacial score (nSPS) is 10.1. The van der Waals surface area contributed by atoms with E-state index in [2.05, 4.69) is 26.2 Å². The highest BCUT2D eigenvalue weighted by Crippen LogP contribution is 2.28. The third kappa shape index (κ3) is 3.19. The minimum atomic E-state index is 0.286. The van der Waals surface area contributed by atoms with Gasteiger partial charge in [0.2, 0.25) is 0 Å². The number of halogens is 2. The fraction of sp³-hybridized carbons (Fsp3) is 0. The Bertz CT molecular complexity index is 586. The topological polar surface area (TPSA) is 50.9 Å². The summed E-state index contributed by atoms with van der Waals surface area (Å²) in [4.78, 5) is 4.44. The second-order valence-electron chi connectivity index (χ2n) is 3.55. The van der Waals surface area contributed by atoms with Crippen LogP contribution in [-0.4, -0.2) is 9.97 Å². The van der Waals surface area contributed by atoms with Crippen molar-refractivity contribution in [2.75, 3.05) is 5.32 Å². The van der Waals surface area contributed by atoms with Crippen molar-refractivity contribution in [3.63, 3.8) is 0 Å². The molecule has 0 aliphatic rings. The van der Waals surface area contributed by atoms with Crippen LogP contribution in [0.3, 0.4) is 0 Å². The maximum atomic E-state index is 5.88. The number of benzene rings is 1. The molecule has 1 aromatic carbocycles. The first kappa shape index (κ1) is 13.3. The molecular formula is C12H9BrClN3S. The van der Waals surface area contributed by atoms with Gasteiger partial charge in [0.05, 0.1) is 23.3 Å². The number of thiocarbonyl (C=S) groups is 1. The molecule has 0 radical (unpaired) electrons. The van der Waals surface area contributed by atoms with E-state index in [0.717, 1.165) is 15.8 Å². The van der Waals surface area contributed by atoms with Crippen LogP contribution >= 0.6 is 39.7 Å². The number of rotatable bonds is 3. The summed E-state index contributed by atoms with van der Waals surface area (Å²) in [7, 11) is 0. The van der Waals surface area contributed by atoms with Crippen LogP contribution in [0.25, 0.3) is 0 Å². The minimum absolute atomic E-state index is 0.286. The van der Waals surface area contributed by atoms with Crippen molar-refractivity contribution in [2.45, 2.75) is 0 Å². The molecule has 2 aromatic rings. The smallest absolute Gasteiger partial charge is 0.122 e. The standard InChI is InChI=1S/C12H9BrClN3S/c13-9-5-7(14)1-3-10(9)17-8-2-4-11(12(15)18)16-6-8/h1-6,17H,(H2,15,18). The average molecular weight is 343 g/mol. The Kier molecular flexibility index (Phi) is 4.16. The summed E-state index contributed by atoms with van der Waals surface area (Å²) >= 11 is 14.2. The minimum Gasteiger partial charge on any atom is -0.388 e. The molecule has 0 fully saturated rings. The zero-order valence-corrected chi connectivity index (χ0v) is 12.3. The largest absolute Gasteiger partial charge is 0.388 e. The monoisotopic (exact) mass is 341 g/mol. The number of nitrogens with zero attached hydrogens (tertiary/aromatic N) is 1. The second-order valence-corrected chi connectivity index (χ2v) is 5.28. The van der Waals surface area contributed by atoms with Gasteiger partial charge in [0.1, 0.15) is 4.99 Å². The molecule has 92 valence electrons. The Morgan fingerprint density at radius 3 is 2.67 bits per heavy atom. The highest BCUT2D eigenvalue weighted by Gasteiger charge is 2.02. The van der Waals surface area contributed by atoms with Gasteiger partial charge in [0, 0.05) is 9.50 Å². The predicted molar refractivity (Wildman–Crippen MR) is 82.6 cm³/mol. The zero-order valence-electron chi connectivity index (χ0n) is 9.15. The van der Waals surface area contributed by atoms with Gasteiger partial charge in [-0.1, -0.05) is 23.8 Å². The van der Waals surface area contributed by atoms with Gasteiger partial charge in [-0.3, -0.25) is 4.98 Å². The molecule has 0 spiro atoms. The molecule has 3 nitrogen and oxygen atoms in total. The van der Waals surface area contributed by atoms with Gasteiger partial charge in [-0.2, -0.15) is 0 Å². The van der Waals surface area contributed by atoms with Crippen LogP contribution in [-0.2, 0) is 0 Å². The lowest BCUT2D eigenvalue weighted by Gasteiger charge is -2.09. The maximum Gasteiger partial charge on any atom is 0.122 e. The van der Waals surface area contributed by atoms with E-state index in [0.29, 0.717) is 10.7 Å². The van der Waals surface area contributed by atoms with Gasteiger partial charge in [-0.25, -0.2) is 0 Å². The molecule has 18 heavy (non-hydrogen) atoms. The first-order valence-electron chi connectivity index (χ1n) is 5.04. The summed E-state index contributed by atoms with van der Waals surface area (Å²) < 4.78 is 0.883. The maximum absolute atomic E-state index is 5.88. The summed E-state index contributed by atoms with van der Waals surface area (Å²) in [6.07, 6.45) is 1.68. The summed E-state index contributed by atoms with van der Waals surface area (Å²) in [5, 5.41) is 3.89. The van der Waals surface area contributed by atoms with Crippen molar-refractivity contribution in [3.05, 3.63) is 51.7 Å². The van der Waals surface area contributed by atoms with E-state index in [9.17, 15) is 0 Å². The van der Waals surface area contributed by atoms with E-state index >= 15 is 0 Å². The molecule has 0 atom stereocenters. The molecule has 0 bridgehead atoms. The molecule has 3 N–H and O–H groups in total. The zero-order chi connectivity index (χ0) is 13.1. The van der Waals surface area contributed by atoms with Crippen molar-refractivity contribution >= 4 is 56.1 Å². The first-order chi connectivity index (χ1) is 8.56. The number of hydrogen-bond acceptors (Lipinski definition) is 3. The molecule has 2 rings (SSSR count). The third-order valence-corrected chi connectivity index (χ3v) is 3.33. The molecule has 0 unspecified atom stereocenters. The first-order valence-corrected chi connectivity index (χ1v) is 6.62. The van der Waals surface area contributed by atoms with Crippen LogP contribution in [0, 0.1) is 0 Å². The Labute approximate surface area is 123 Å². The van der Waals surface area contributed by atoms with Gasteiger partial charge >= 0.3 is 0 Å². The molecular weight excluding hydrogens is 334 g/mol. The highest BCUT2D eigenvalue weighted by molar-refractivity contribution is 9.10. The molecule has 0 amide bonds. The van der Waals surface area contributed by atoms with Crippen LogP contribution in [0.15, 0.2) is 41.0 Å². The van der Waals surface area contributed by atoms with E-state index in [1.165, 1.54) is 0 Å². The van der Waals surface area contributed by atoms with Gasteiger partial charge in [0.15, 0.2) is 0 Å². The van der Waals surface area contributed by atoms with Crippen molar-refractivity contribution in [3.8, 4) is 0 Å². The van der Waals surface area contributed by atoms with Crippen LogP contribution in [0.4, 0.5) is 11.4 Å². The molecule has 0 saturated heterocycles. The Hall–Kier alpha value is -1.17. The van der Waals surface area contributed by atoms with E-state index in [-0.39, 0.29) is 4.99 Å². The summed E-state index contributed by atoms with van der Waals surface area (Å²) in [5.74, 6) is 0. The predicted octanol–water partition coefficient (Wildman–Crippen LogP) is 3.88. The average Bonchev–Trinajstić information content (AvgIpc) is 2.33. The van der Waals surface area contributed by atoms with Crippen molar-refractivity contribution in [2.24, 2.45) is 5.73 Å². The number of pyridine rings is 1. The molecule has 0 aliphatic heterocycles. The second kappa shape index (κ2) is 5.65. The fourth-order valence-corrected chi connectivity index (χ4v) is 2.26. The number of nitrogens with two attached hydrogens (primary N) is 1.